The molecule has 2 amide bonds. The predicted octanol–water partition coefficient (Wildman–Crippen LogP) is 4.12. The second kappa shape index (κ2) is 7.47. The third-order valence-corrected chi connectivity index (χ3v) is 3.91. The minimum atomic E-state index is -0.521. The first-order valence-corrected chi connectivity index (χ1v) is 8.58. The zero-order chi connectivity index (χ0) is 20.3. The van der Waals surface area contributed by atoms with Gasteiger partial charge >= 0.3 is 6.03 Å². The molecule has 28 heavy (non-hydrogen) atoms. The SMILES string of the molecule is CC(C)(C)c1cc(NC(=O)Nc2ccccc2)n(-c2ccc([N+](=O)[O-])cn2)n1. The van der Waals surface area contributed by atoms with Crippen molar-refractivity contribution in [1.29, 1.82) is 0 Å². The molecule has 0 fully saturated rings. The number of hydrogen-bond donors (Lipinski definition) is 2. The fourth-order valence-corrected chi connectivity index (χ4v) is 2.42. The highest BCUT2D eigenvalue weighted by Gasteiger charge is 2.22. The number of carbonyl (C=O) groups excluding carboxylic acids is 1. The van der Waals surface area contributed by atoms with E-state index >= 15 is 0 Å². The molecule has 2 aromatic heterocycles. The first-order chi connectivity index (χ1) is 13.2. The molecule has 0 unspecified atom stereocenters. The van der Waals surface area contributed by atoms with Crippen LogP contribution in [-0.4, -0.2) is 25.7 Å². The minimum absolute atomic E-state index is 0.122. The molecule has 1 aromatic carbocycles. The number of aromatic nitrogens is 3. The quantitative estimate of drug-likeness (QED) is 0.522. The van der Waals surface area contributed by atoms with E-state index in [0.717, 1.165) is 11.9 Å². The van der Waals surface area contributed by atoms with Crippen molar-refractivity contribution in [3.63, 3.8) is 0 Å². The van der Waals surface area contributed by atoms with Crippen LogP contribution >= 0.6 is 0 Å². The molecule has 0 spiro atoms. The predicted molar refractivity (Wildman–Crippen MR) is 106 cm³/mol. The molecule has 2 N–H and O–H groups in total. The molecule has 144 valence electrons. The molecule has 3 aromatic rings. The Hall–Kier alpha value is -3.75. The van der Waals surface area contributed by atoms with Crippen LogP contribution in [0, 0.1) is 10.1 Å². The first-order valence-electron chi connectivity index (χ1n) is 8.58. The Morgan fingerprint density at radius 1 is 1.11 bits per heavy atom. The van der Waals surface area contributed by atoms with E-state index in [1.165, 1.54) is 16.8 Å². The molecule has 0 radical (unpaired) electrons. The Bertz CT molecular complexity index is 991. The summed E-state index contributed by atoms with van der Waals surface area (Å²) in [6.07, 6.45) is 1.15. The number of rotatable bonds is 4. The summed E-state index contributed by atoms with van der Waals surface area (Å²) in [6, 6.07) is 13.2. The van der Waals surface area contributed by atoms with Crippen LogP contribution in [-0.2, 0) is 5.41 Å². The summed E-state index contributed by atoms with van der Waals surface area (Å²) in [5.41, 5.74) is 1.000. The van der Waals surface area contributed by atoms with Gasteiger partial charge in [-0.05, 0) is 18.2 Å². The fourth-order valence-electron chi connectivity index (χ4n) is 2.42. The van der Waals surface area contributed by atoms with Gasteiger partial charge in [0.15, 0.2) is 5.82 Å². The first kappa shape index (κ1) is 19.0. The summed E-state index contributed by atoms with van der Waals surface area (Å²) in [7, 11) is 0. The summed E-state index contributed by atoms with van der Waals surface area (Å²) in [5.74, 6) is 0.760. The molecule has 0 aliphatic rings. The maximum Gasteiger partial charge on any atom is 0.324 e. The van der Waals surface area contributed by atoms with E-state index < -0.39 is 11.0 Å². The topological polar surface area (TPSA) is 115 Å². The largest absolute Gasteiger partial charge is 0.324 e. The van der Waals surface area contributed by atoms with E-state index in [1.54, 1.807) is 18.2 Å². The van der Waals surface area contributed by atoms with Crippen molar-refractivity contribution in [3.8, 4) is 5.82 Å². The number of nitro groups is 1. The standard InChI is InChI=1S/C19H20N6O3/c1-19(2,3)15-11-17(22-18(26)21-13-7-5-4-6-8-13)24(23-15)16-10-9-14(12-20-16)25(27)28/h4-12H,1-3H3,(H2,21,22,26). The minimum Gasteiger partial charge on any atom is -0.308 e. The molecule has 2 heterocycles. The highest BCUT2D eigenvalue weighted by molar-refractivity contribution is 5.99. The van der Waals surface area contributed by atoms with Gasteiger partial charge < -0.3 is 5.32 Å². The van der Waals surface area contributed by atoms with Gasteiger partial charge in [-0.2, -0.15) is 9.78 Å². The van der Waals surface area contributed by atoms with E-state index in [0.29, 0.717) is 17.3 Å². The van der Waals surface area contributed by atoms with Crippen molar-refractivity contribution < 1.29 is 9.72 Å². The summed E-state index contributed by atoms with van der Waals surface area (Å²) in [6.45, 7) is 5.99. The molecule has 0 saturated carbocycles. The Morgan fingerprint density at radius 3 is 2.39 bits per heavy atom. The highest BCUT2D eigenvalue weighted by Crippen LogP contribution is 2.26. The van der Waals surface area contributed by atoms with Gasteiger partial charge in [-0.25, -0.2) is 9.78 Å². The number of benzene rings is 1. The lowest BCUT2D eigenvalue weighted by molar-refractivity contribution is -0.385. The molecule has 0 aliphatic carbocycles. The number of amides is 2. The Balaban J connectivity index is 1.91. The number of carbonyl (C=O) groups is 1. The van der Waals surface area contributed by atoms with Gasteiger partial charge in [-0.1, -0.05) is 39.0 Å². The lowest BCUT2D eigenvalue weighted by Crippen LogP contribution is -2.21. The van der Waals surface area contributed by atoms with Crippen molar-refractivity contribution in [2.45, 2.75) is 26.2 Å². The monoisotopic (exact) mass is 380 g/mol. The van der Waals surface area contributed by atoms with Crippen LogP contribution in [0.1, 0.15) is 26.5 Å². The second-order valence-electron chi connectivity index (χ2n) is 7.15. The van der Waals surface area contributed by atoms with Crippen LogP contribution < -0.4 is 10.6 Å². The third kappa shape index (κ3) is 4.32. The Morgan fingerprint density at radius 2 is 1.82 bits per heavy atom. The van der Waals surface area contributed by atoms with Gasteiger partial charge in [0.2, 0.25) is 0 Å². The number of nitrogens with zero attached hydrogens (tertiary/aromatic N) is 4. The van der Waals surface area contributed by atoms with Gasteiger partial charge in [-0.3, -0.25) is 15.4 Å². The lowest BCUT2D eigenvalue weighted by atomic mass is 9.92. The van der Waals surface area contributed by atoms with Gasteiger partial charge in [-0.15, -0.1) is 0 Å². The number of pyridine rings is 1. The zero-order valence-corrected chi connectivity index (χ0v) is 15.7. The van der Waals surface area contributed by atoms with Crippen LogP contribution in [0.4, 0.5) is 22.0 Å². The number of anilines is 2. The van der Waals surface area contributed by atoms with E-state index in [1.807, 2.05) is 39.0 Å². The molecule has 0 aliphatic heterocycles. The molecule has 0 bridgehead atoms. The smallest absolute Gasteiger partial charge is 0.308 e. The van der Waals surface area contributed by atoms with Crippen molar-refractivity contribution in [2.75, 3.05) is 10.6 Å². The normalized spacial score (nSPS) is 11.1. The number of urea groups is 1. The van der Waals surface area contributed by atoms with Crippen LogP contribution in [0.3, 0.4) is 0 Å². The summed E-state index contributed by atoms with van der Waals surface area (Å²) in [4.78, 5) is 26.8. The third-order valence-electron chi connectivity index (χ3n) is 3.91. The molecule has 0 saturated heterocycles. The molecular formula is C19H20N6O3. The molecule has 9 heteroatoms. The van der Waals surface area contributed by atoms with Crippen LogP contribution in [0.5, 0.6) is 0 Å². The molecule has 9 nitrogen and oxygen atoms in total. The Kier molecular flexibility index (Phi) is 5.08. The van der Waals surface area contributed by atoms with E-state index in [2.05, 4.69) is 20.7 Å². The van der Waals surface area contributed by atoms with Gasteiger partial charge in [0.25, 0.3) is 5.69 Å². The fraction of sp³-hybridized carbons (Fsp3) is 0.211. The lowest BCUT2D eigenvalue weighted by Gasteiger charge is -2.13. The maximum atomic E-state index is 12.4. The van der Waals surface area contributed by atoms with Gasteiger partial charge in [0, 0.05) is 23.2 Å². The molecule has 0 atom stereocenters. The number of para-hydroxylation sites is 1. The van der Waals surface area contributed by atoms with Crippen molar-refractivity contribution in [1.82, 2.24) is 14.8 Å². The highest BCUT2D eigenvalue weighted by atomic mass is 16.6. The van der Waals surface area contributed by atoms with Crippen LogP contribution in [0.15, 0.2) is 54.7 Å². The van der Waals surface area contributed by atoms with Crippen LogP contribution in [0.25, 0.3) is 5.82 Å². The Labute approximate surface area is 161 Å². The zero-order valence-electron chi connectivity index (χ0n) is 15.7. The van der Waals surface area contributed by atoms with Crippen molar-refractivity contribution >= 4 is 23.2 Å². The maximum absolute atomic E-state index is 12.4. The van der Waals surface area contributed by atoms with E-state index in [9.17, 15) is 14.9 Å². The average molecular weight is 380 g/mol. The molecular weight excluding hydrogens is 360 g/mol. The number of nitrogens with one attached hydrogen (secondary N) is 2. The number of hydrogen-bond acceptors (Lipinski definition) is 5. The van der Waals surface area contributed by atoms with Crippen molar-refractivity contribution in [3.05, 3.63) is 70.5 Å². The molecule has 3 rings (SSSR count). The second-order valence-corrected chi connectivity index (χ2v) is 7.15. The summed E-state index contributed by atoms with van der Waals surface area (Å²) >= 11 is 0. The average Bonchev–Trinajstić information content (AvgIpc) is 3.06. The van der Waals surface area contributed by atoms with Gasteiger partial charge in [0.1, 0.15) is 12.0 Å². The summed E-state index contributed by atoms with van der Waals surface area (Å²) in [5, 5.41) is 20.9. The summed E-state index contributed by atoms with van der Waals surface area (Å²) < 4.78 is 1.45. The van der Waals surface area contributed by atoms with E-state index in [4.69, 9.17) is 0 Å². The van der Waals surface area contributed by atoms with Gasteiger partial charge in [0.05, 0.1) is 10.6 Å². The van der Waals surface area contributed by atoms with Crippen molar-refractivity contribution in [2.24, 2.45) is 0 Å². The van der Waals surface area contributed by atoms with Crippen LogP contribution in [0.2, 0.25) is 0 Å². The van der Waals surface area contributed by atoms with E-state index in [-0.39, 0.29) is 11.1 Å².